The minimum absolute atomic E-state index is 0.220. The molecule has 0 radical (unpaired) electrons. The molecule has 0 saturated carbocycles. The zero-order chi connectivity index (χ0) is 15.1. The molecule has 0 aliphatic heterocycles. The van der Waals surface area contributed by atoms with Crippen LogP contribution in [0.3, 0.4) is 0 Å². The second-order valence-electron chi connectivity index (χ2n) is 4.24. The molecule has 108 valence electrons. The number of aliphatic carboxylic acids is 1. The predicted molar refractivity (Wildman–Crippen MR) is 69.4 cm³/mol. The highest BCUT2D eigenvalue weighted by Gasteiger charge is 2.23. The van der Waals surface area contributed by atoms with Gasteiger partial charge in [0.2, 0.25) is 0 Å². The van der Waals surface area contributed by atoms with Crippen molar-refractivity contribution in [1.29, 1.82) is 0 Å². The van der Waals surface area contributed by atoms with E-state index in [1.807, 2.05) is 6.07 Å². The maximum Gasteiger partial charge on any atom is 0.330 e. The first kappa shape index (κ1) is 15.8. The minimum atomic E-state index is -1.40. The van der Waals surface area contributed by atoms with Crippen molar-refractivity contribution in [3.05, 3.63) is 35.9 Å². The van der Waals surface area contributed by atoms with E-state index in [-0.39, 0.29) is 6.42 Å². The average Bonchev–Trinajstić information content (AvgIpc) is 2.39. The van der Waals surface area contributed by atoms with E-state index in [2.05, 4.69) is 4.74 Å². The van der Waals surface area contributed by atoms with Gasteiger partial charge in [-0.2, -0.15) is 0 Å². The number of carbonyl (C=O) groups excluding carboxylic acids is 2. The average molecular weight is 280 g/mol. The number of nitrogens with two attached hydrogens (primary N) is 2. The predicted octanol–water partition coefficient (Wildman–Crippen LogP) is -0.572. The lowest BCUT2D eigenvalue weighted by Gasteiger charge is -2.11. The van der Waals surface area contributed by atoms with Gasteiger partial charge in [-0.05, 0) is 12.0 Å². The first-order valence-corrected chi connectivity index (χ1v) is 5.92. The molecule has 0 aliphatic rings. The Kier molecular flexibility index (Phi) is 5.82. The standard InChI is InChI=1S/C13H16N2O5/c14-9(12(17)18)7-11(16)20-13(19)10(15)6-8-4-2-1-3-5-8/h1-5,9-10H,6-7,14-15H2,(H,17,18)/t9-,10-/m0/s1. The summed E-state index contributed by atoms with van der Waals surface area (Å²) in [4.78, 5) is 33.3. The zero-order valence-electron chi connectivity index (χ0n) is 10.7. The van der Waals surface area contributed by atoms with E-state index in [0.29, 0.717) is 0 Å². The molecule has 7 heteroatoms. The van der Waals surface area contributed by atoms with Crippen molar-refractivity contribution in [2.45, 2.75) is 24.9 Å². The van der Waals surface area contributed by atoms with Gasteiger partial charge in [0.25, 0.3) is 0 Å². The lowest BCUT2D eigenvalue weighted by atomic mass is 10.1. The van der Waals surface area contributed by atoms with Gasteiger partial charge < -0.3 is 21.3 Å². The molecule has 0 heterocycles. The Morgan fingerprint density at radius 2 is 1.70 bits per heavy atom. The fraction of sp³-hybridized carbons (Fsp3) is 0.308. The van der Waals surface area contributed by atoms with Gasteiger partial charge in [0.1, 0.15) is 12.1 Å². The largest absolute Gasteiger partial charge is 0.480 e. The number of carboxylic acids is 1. The Hall–Kier alpha value is -2.25. The molecule has 0 saturated heterocycles. The maximum atomic E-state index is 11.6. The summed E-state index contributed by atoms with van der Waals surface area (Å²) >= 11 is 0. The Balaban J connectivity index is 2.46. The Bertz CT molecular complexity index is 489. The molecule has 1 aromatic rings. The van der Waals surface area contributed by atoms with Gasteiger partial charge in [0, 0.05) is 0 Å². The Morgan fingerprint density at radius 3 is 2.25 bits per heavy atom. The molecule has 2 atom stereocenters. The number of hydrogen-bond acceptors (Lipinski definition) is 6. The van der Waals surface area contributed by atoms with E-state index < -0.39 is 36.4 Å². The summed E-state index contributed by atoms with van der Waals surface area (Å²) in [6.07, 6.45) is -0.364. The summed E-state index contributed by atoms with van der Waals surface area (Å²) in [6.45, 7) is 0. The highest BCUT2D eigenvalue weighted by molar-refractivity contribution is 5.90. The van der Waals surface area contributed by atoms with Gasteiger partial charge in [-0.25, -0.2) is 4.79 Å². The molecular formula is C13H16N2O5. The molecule has 7 nitrogen and oxygen atoms in total. The third kappa shape index (κ3) is 5.17. The third-order valence-corrected chi connectivity index (χ3v) is 2.52. The molecule has 1 rings (SSSR count). The normalized spacial score (nSPS) is 13.3. The van der Waals surface area contributed by atoms with Crippen molar-refractivity contribution in [3.63, 3.8) is 0 Å². The van der Waals surface area contributed by atoms with Crippen LogP contribution in [0.25, 0.3) is 0 Å². The fourth-order valence-corrected chi connectivity index (χ4v) is 1.45. The van der Waals surface area contributed by atoms with Crippen molar-refractivity contribution >= 4 is 17.9 Å². The van der Waals surface area contributed by atoms with Crippen LogP contribution < -0.4 is 11.5 Å². The van der Waals surface area contributed by atoms with Gasteiger partial charge in [-0.3, -0.25) is 9.59 Å². The van der Waals surface area contributed by atoms with E-state index in [4.69, 9.17) is 16.6 Å². The number of ether oxygens (including phenoxy) is 1. The number of carboxylic acid groups (broad SMARTS) is 1. The van der Waals surface area contributed by atoms with Gasteiger partial charge >= 0.3 is 17.9 Å². The van der Waals surface area contributed by atoms with Crippen LogP contribution in [0.1, 0.15) is 12.0 Å². The van der Waals surface area contributed by atoms with Gasteiger partial charge in [0.05, 0.1) is 6.42 Å². The molecule has 0 aromatic heterocycles. The number of esters is 2. The number of rotatable bonds is 6. The first-order chi connectivity index (χ1) is 9.40. The van der Waals surface area contributed by atoms with Crippen molar-refractivity contribution in [2.24, 2.45) is 11.5 Å². The molecule has 0 unspecified atom stereocenters. The molecule has 0 aliphatic carbocycles. The summed E-state index contributed by atoms with van der Waals surface area (Å²) < 4.78 is 4.46. The van der Waals surface area contributed by atoms with Gasteiger partial charge in [0.15, 0.2) is 0 Å². The van der Waals surface area contributed by atoms with Crippen LogP contribution in [-0.2, 0) is 25.5 Å². The highest BCUT2D eigenvalue weighted by atomic mass is 16.6. The van der Waals surface area contributed by atoms with Crippen LogP contribution in [0, 0.1) is 0 Å². The van der Waals surface area contributed by atoms with E-state index in [9.17, 15) is 14.4 Å². The van der Waals surface area contributed by atoms with Crippen molar-refractivity contribution in [2.75, 3.05) is 0 Å². The van der Waals surface area contributed by atoms with Gasteiger partial charge in [-0.15, -0.1) is 0 Å². The molecule has 1 aromatic carbocycles. The van der Waals surface area contributed by atoms with Crippen LogP contribution >= 0.6 is 0 Å². The molecule has 20 heavy (non-hydrogen) atoms. The summed E-state index contributed by atoms with van der Waals surface area (Å²) in [5.74, 6) is -3.26. The Labute approximate surface area is 115 Å². The lowest BCUT2D eigenvalue weighted by molar-refractivity contribution is -0.162. The highest BCUT2D eigenvalue weighted by Crippen LogP contribution is 2.04. The smallest absolute Gasteiger partial charge is 0.330 e. The van der Waals surface area contributed by atoms with E-state index in [1.165, 1.54) is 0 Å². The van der Waals surface area contributed by atoms with E-state index >= 15 is 0 Å². The summed E-state index contributed by atoms with van der Waals surface area (Å²) in [5.41, 5.74) is 11.6. The van der Waals surface area contributed by atoms with Crippen molar-refractivity contribution in [1.82, 2.24) is 0 Å². The molecular weight excluding hydrogens is 264 g/mol. The first-order valence-electron chi connectivity index (χ1n) is 5.92. The summed E-state index contributed by atoms with van der Waals surface area (Å²) in [5, 5.41) is 8.53. The SMILES string of the molecule is N[C@@H](CC(=O)OC(=O)[C@@H](N)Cc1ccccc1)C(=O)O. The fourth-order valence-electron chi connectivity index (χ4n) is 1.45. The molecule has 0 bridgehead atoms. The number of benzene rings is 1. The molecule has 0 amide bonds. The van der Waals surface area contributed by atoms with Crippen LogP contribution in [0.15, 0.2) is 30.3 Å². The molecule has 0 spiro atoms. The third-order valence-electron chi connectivity index (χ3n) is 2.52. The van der Waals surface area contributed by atoms with Crippen molar-refractivity contribution in [3.8, 4) is 0 Å². The Morgan fingerprint density at radius 1 is 1.10 bits per heavy atom. The minimum Gasteiger partial charge on any atom is -0.480 e. The number of carbonyl (C=O) groups is 3. The summed E-state index contributed by atoms with van der Waals surface area (Å²) in [6, 6.07) is 6.59. The second-order valence-corrected chi connectivity index (χ2v) is 4.24. The van der Waals surface area contributed by atoms with Crippen molar-refractivity contribution < 1.29 is 24.2 Å². The van der Waals surface area contributed by atoms with Crippen LogP contribution in [-0.4, -0.2) is 35.1 Å². The maximum absolute atomic E-state index is 11.6. The summed E-state index contributed by atoms with van der Waals surface area (Å²) in [7, 11) is 0. The quantitative estimate of drug-likeness (QED) is 0.469. The topological polar surface area (TPSA) is 133 Å². The van der Waals surface area contributed by atoms with Crippen LogP contribution in [0.4, 0.5) is 0 Å². The second kappa shape index (κ2) is 7.37. The van der Waals surface area contributed by atoms with E-state index in [1.54, 1.807) is 24.3 Å². The monoisotopic (exact) mass is 280 g/mol. The van der Waals surface area contributed by atoms with Gasteiger partial charge in [-0.1, -0.05) is 30.3 Å². The van der Waals surface area contributed by atoms with E-state index in [0.717, 1.165) is 5.56 Å². The number of hydrogen-bond donors (Lipinski definition) is 3. The molecule has 0 fully saturated rings. The molecule has 5 N–H and O–H groups in total. The zero-order valence-corrected chi connectivity index (χ0v) is 10.7. The van der Waals surface area contributed by atoms with Crippen LogP contribution in [0.2, 0.25) is 0 Å². The van der Waals surface area contributed by atoms with Crippen LogP contribution in [0.5, 0.6) is 0 Å². The lowest BCUT2D eigenvalue weighted by Crippen LogP contribution is -2.38.